The summed E-state index contributed by atoms with van der Waals surface area (Å²) in [7, 11) is 0. The molecule has 1 aliphatic rings. The highest BCUT2D eigenvalue weighted by Crippen LogP contribution is 2.25. The number of piperidine rings is 1. The molecule has 0 radical (unpaired) electrons. The van der Waals surface area contributed by atoms with Crippen molar-refractivity contribution in [2.45, 2.75) is 58.5 Å². The highest BCUT2D eigenvalue weighted by atomic mass is 16.4. The average Bonchev–Trinajstić information content (AvgIpc) is 3.31. The molecule has 1 N–H and O–H groups in total. The monoisotopic (exact) mass is 359 g/mol. The van der Waals surface area contributed by atoms with E-state index in [2.05, 4.69) is 41.2 Å². The van der Waals surface area contributed by atoms with Crippen molar-refractivity contribution in [1.29, 1.82) is 0 Å². The number of nitrogens with one attached hydrogen (secondary N) is 1. The lowest BCUT2D eigenvalue weighted by atomic mass is 10.1. The Kier molecular flexibility index (Phi) is 6.08. The van der Waals surface area contributed by atoms with Gasteiger partial charge in [0.15, 0.2) is 5.76 Å². The Morgan fingerprint density at radius 3 is 2.73 bits per heavy atom. The summed E-state index contributed by atoms with van der Waals surface area (Å²) >= 11 is 0. The number of aromatic nitrogens is 3. The number of carbonyl (C=O) groups excluding carboxylic acids is 1. The highest BCUT2D eigenvalue weighted by molar-refractivity contribution is 5.91. The molecule has 0 aliphatic carbocycles. The van der Waals surface area contributed by atoms with E-state index in [-0.39, 0.29) is 11.9 Å². The maximum atomic E-state index is 12.3. The Balaban J connectivity index is 1.52. The Morgan fingerprint density at radius 1 is 1.23 bits per heavy atom. The molecule has 1 aliphatic heterocycles. The Labute approximate surface area is 154 Å². The normalized spacial score (nSPS) is 16.8. The fourth-order valence-electron chi connectivity index (χ4n) is 3.44. The second kappa shape index (κ2) is 8.49. The van der Waals surface area contributed by atoms with Gasteiger partial charge in [0.05, 0.1) is 6.04 Å². The molecule has 1 amide bonds. The van der Waals surface area contributed by atoms with Crippen LogP contribution >= 0.6 is 0 Å². The summed E-state index contributed by atoms with van der Waals surface area (Å²) in [6, 6.07) is 4.20. The van der Waals surface area contributed by atoms with Crippen LogP contribution in [-0.2, 0) is 6.42 Å². The van der Waals surface area contributed by atoms with Crippen LogP contribution in [0.5, 0.6) is 0 Å². The minimum absolute atomic E-state index is 0.183. The van der Waals surface area contributed by atoms with Gasteiger partial charge in [-0.2, -0.15) is 0 Å². The fraction of sp³-hybridized carbons (Fsp3) is 0.632. The largest absolute Gasteiger partial charge is 0.454 e. The van der Waals surface area contributed by atoms with Crippen molar-refractivity contribution in [3.8, 4) is 0 Å². The zero-order valence-electron chi connectivity index (χ0n) is 15.9. The number of carbonyl (C=O) groups is 1. The summed E-state index contributed by atoms with van der Waals surface area (Å²) in [6.07, 6.45) is 6.14. The van der Waals surface area contributed by atoms with E-state index in [4.69, 9.17) is 4.42 Å². The van der Waals surface area contributed by atoms with Gasteiger partial charge < -0.3 is 14.3 Å². The van der Waals surface area contributed by atoms with Gasteiger partial charge in [-0.1, -0.05) is 6.42 Å². The minimum Gasteiger partial charge on any atom is -0.454 e. The summed E-state index contributed by atoms with van der Waals surface area (Å²) in [5.74, 6) is 1.92. The molecular formula is C19H29N5O2. The molecule has 0 aromatic carbocycles. The van der Waals surface area contributed by atoms with Crippen LogP contribution in [0.25, 0.3) is 0 Å². The van der Waals surface area contributed by atoms with Crippen molar-refractivity contribution in [2.24, 2.45) is 0 Å². The molecule has 3 rings (SSSR count). The molecule has 0 unspecified atom stereocenters. The molecule has 2 aromatic rings. The zero-order valence-corrected chi connectivity index (χ0v) is 15.9. The number of hydrogen-bond acceptors (Lipinski definition) is 5. The van der Waals surface area contributed by atoms with E-state index in [1.165, 1.54) is 19.3 Å². The van der Waals surface area contributed by atoms with Gasteiger partial charge >= 0.3 is 0 Å². The molecule has 7 nitrogen and oxygen atoms in total. The van der Waals surface area contributed by atoms with Gasteiger partial charge in [0, 0.05) is 19.0 Å². The molecule has 1 atom stereocenters. The lowest BCUT2D eigenvalue weighted by molar-refractivity contribution is 0.0917. The van der Waals surface area contributed by atoms with Crippen molar-refractivity contribution in [3.63, 3.8) is 0 Å². The maximum absolute atomic E-state index is 12.3. The number of rotatable bonds is 7. The van der Waals surface area contributed by atoms with Crippen LogP contribution in [0.4, 0.5) is 0 Å². The molecule has 0 bridgehead atoms. The van der Waals surface area contributed by atoms with E-state index in [1.54, 1.807) is 12.4 Å². The number of likely N-dealkylation sites (tertiary alicyclic amines) is 1. The summed E-state index contributed by atoms with van der Waals surface area (Å²) in [6.45, 7) is 9.01. The molecule has 3 heterocycles. The molecule has 26 heavy (non-hydrogen) atoms. The second-order valence-electron chi connectivity index (χ2n) is 7.23. The van der Waals surface area contributed by atoms with E-state index < -0.39 is 0 Å². The lowest BCUT2D eigenvalue weighted by Crippen LogP contribution is -2.32. The molecule has 2 aromatic heterocycles. The number of nitrogens with zero attached hydrogens (tertiary/aromatic N) is 4. The predicted octanol–water partition coefficient (Wildman–Crippen LogP) is 2.97. The van der Waals surface area contributed by atoms with Gasteiger partial charge in [-0.15, -0.1) is 10.2 Å². The van der Waals surface area contributed by atoms with Gasteiger partial charge in [-0.3, -0.25) is 9.69 Å². The lowest BCUT2D eigenvalue weighted by Gasteiger charge is -2.31. The highest BCUT2D eigenvalue weighted by Gasteiger charge is 2.22. The first-order valence-electron chi connectivity index (χ1n) is 9.56. The molecule has 142 valence electrons. The SMILES string of the molecule is CC(C)n1cnnc1CCNC(=O)c1ccc([C@@H](C)N2CCCCC2)o1. The fourth-order valence-corrected chi connectivity index (χ4v) is 3.44. The van der Waals surface area contributed by atoms with Crippen LogP contribution in [0.15, 0.2) is 22.9 Å². The standard InChI is InChI=1S/C19H29N5O2/c1-14(2)24-13-21-22-18(24)9-10-20-19(25)17-8-7-16(26-17)15(3)23-11-5-4-6-12-23/h7-8,13-15H,4-6,9-12H2,1-3H3,(H,20,25)/t15-/m1/s1. The second-order valence-corrected chi connectivity index (χ2v) is 7.23. The number of furan rings is 1. The smallest absolute Gasteiger partial charge is 0.287 e. The van der Waals surface area contributed by atoms with Crippen molar-refractivity contribution in [1.82, 2.24) is 25.0 Å². The van der Waals surface area contributed by atoms with Gasteiger partial charge in [0.1, 0.15) is 17.9 Å². The van der Waals surface area contributed by atoms with E-state index >= 15 is 0 Å². The van der Waals surface area contributed by atoms with Crippen LogP contribution in [0.1, 0.15) is 74.3 Å². The molecule has 1 fully saturated rings. The third kappa shape index (κ3) is 4.33. The Hall–Kier alpha value is -2.15. The van der Waals surface area contributed by atoms with E-state index in [1.807, 2.05) is 10.6 Å². The molecule has 7 heteroatoms. The topological polar surface area (TPSA) is 76.2 Å². The van der Waals surface area contributed by atoms with E-state index in [0.29, 0.717) is 24.8 Å². The van der Waals surface area contributed by atoms with Crippen molar-refractivity contribution in [2.75, 3.05) is 19.6 Å². The minimum atomic E-state index is -0.183. The van der Waals surface area contributed by atoms with Crippen LogP contribution in [0.3, 0.4) is 0 Å². The van der Waals surface area contributed by atoms with E-state index in [0.717, 1.165) is 24.7 Å². The third-order valence-electron chi connectivity index (χ3n) is 5.04. The zero-order chi connectivity index (χ0) is 18.5. The Morgan fingerprint density at radius 2 is 2.00 bits per heavy atom. The van der Waals surface area contributed by atoms with Gasteiger partial charge in [0.2, 0.25) is 0 Å². The number of hydrogen-bond donors (Lipinski definition) is 1. The van der Waals surface area contributed by atoms with E-state index in [9.17, 15) is 4.79 Å². The van der Waals surface area contributed by atoms with Crippen LogP contribution in [0.2, 0.25) is 0 Å². The van der Waals surface area contributed by atoms with Gasteiger partial charge in [0.25, 0.3) is 5.91 Å². The summed E-state index contributed by atoms with van der Waals surface area (Å²) in [4.78, 5) is 14.8. The van der Waals surface area contributed by atoms with Crippen LogP contribution in [-0.4, -0.2) is 45.2 Å². The van der Waals surface area contributed by atoms with Crippen LogP contribution in [0, 0.1) is 0 Å². The average molecular weight is 359 g/mol. The third-order valence-corrected chi connectivity index (χ3v) is 5.04. The maximum Gasteiger partial charge on any atom is 0.287 e. The van der Waals surface area contributed by atoms with Gasteiger partial charge in [-0.25, -0.2) is 0 Å². The van der Waals surface area contributed by atoms with Gasteiger partial charge in [-0.05, 0) is 58.8 Å². The molecule has 0 spiro atoms. The summed E-state index contributed by atoms with van der Waals surface area (Å²) in [5.41, 5.74) is 0. The molecular weight excluding hydrogens is 330 g/mol. The summed E-state index contributed by atoms with van der Waals surface area (Å²) in [5, 5.41) is 11.0. The first-order valence-corrected chi connectivity index (χ1v) is 9.56. The summed E-state index contributed by atoms with van der Waals surface area (Å²) < 4.78 is 7.83. The Bertz CT molecular complexity index is 715. The van der Waals surface area contributed by atoms with Crippen LogP contribution < -0.4 is 5.32 Å². The van der Waals surface area contributed by atoms with Crippen molar-refractivity contribution in [3.05, 3.63) is 35.8 Å². The molecule has 1 saturated heterocycles. The first-order chi connectivity index (χ1) is 12.6. The van der Waals surface area contributed by atoms with Crippen molar-refractivity contribution >= 4 is 5.91 Å². The molecule has 0 saturated carbocycles. The predicted molar refractivity (Wildman–Crippen MR) is 99.0 cm³/mol. The first kappa shape index (κ1) is 18.6. The number of amides is 1. The van der Waals surface area contributed by atoms with Crippen molar-refractivity contribution < 1.29 is 9.21 Å². The quantitative estimate of drug-likeness (QED) is 0.822.